The van der Waals surface area contributed by atoms with Crippen molar-refractivity contribution in [3.8, 4) is 17.2 Å². The highest BCUT2D eigenvalue weighted by Gasteiger charge is 2.20. The minimum Gasteiger partial charge on any atom is -0.493 e. The summed E-state index contributed by atoms with van der Waals surface area (Å²) in [6, 6.07) is 12.7. The van der Waals surface area contributed by atoms with Gasteiger partial charge in [-0.05, 0) is 36.8 Å². The molecule has 0 bridgehead atoms. The molecule has 0 radical (unpaired) electrons. The maximum absolute atomic E-state index is 12.9. The molecule has 2 aromatic rings. The first-order chi connectivity index (χ1) is 15.4. The number of rotatable bonds is 10. The predicted octanol–water partition coefficient (Wildman–Crippen LogP) is 3.18. The van der Waals surface area contributed by atoms with E-state index in [0.29, 0.717) is 36.9 Å². The van der Waals surface area contributed by atoms with E-state index in [1.807, 2.05) is 30.3 Å². The third-order valence-corrected chi connectivity index (χ3v) is 4.90. The van der Waals surface area contributed by atoms with Crippen molar-refractivity contribution < 1.29 is 28.5 Å². The monoisotopic (exact) mass is 460 g/mol. The first-order valence-corrected chi connectivity index (χ1v) is 10.4. The summed E-state index contributed by atoms with van der Waals surface area (Å²) in [5.41, 5.74) is 1.27. The van der Waals surface area contributed by atoms with Crippen LogP contribution < -0.4 is 19.5 Å². The molecule has 0 heterocycles. The molecule has 0 saturated heterocycles. The van der Waals surface area contributed by atoms with Crippen molar-refractivity contribution in [2.75, 3.05) is 34.5 Å². The molecule has 172 valence electrons. The molecule has 0 aliphatic heterocycles. The molecule has 1 N–H and O–H groups in total. The number of carbonyl (C=O) groups excluding carboxylic acids is 2. The summed E-state index contributed by atoms with van der Waals surface area (Å²) in [6.07, 6.45) is 0.140. The number of thiocarbonyl (C=S) groups is 1. The van der Waals surface area contributed by atoms with E-state index in [4.69, 9.17) is 31.2 Å². The molecule has 1 amide bonds. The summed E-state index contributed by atoms with van der Waals surface area (Å²) in [5.74, 6) is 0.319. The molecule has 2 rings (SSSR count). The fourth-order valence-corrected chi connectivity index (χ4v) is 3.22. The van der Waals surface area contributed by atoms with Gasteiger partial charge in [-0.15, -0.1) is 0 Å². The van der Waals surface area contributed by atoms with Gasteiger partial charge in [-0.1, -0.05) is 30.3 Å². The quantitative estimate of drug-likeness (QED) is 0.427. The number of benzene rings is 2. The second kappa shape index (κ2) is 12.5. The molecule has 0 atom stereocenters. The Bertz CT molecular complexity index is 910. The van der Waals surface area contributed by atoms with Crippen LogP contribution in [0.15, 0.2) is 42.5 Å². The number of carbonyl (C=O) groups is 2. The number of nitrogens with zero attached hydrogens (tertiary/aromatic N) is 1. The Morgan fingerprint density at radius 3 is 2.16 bits per heavy atom. The molecule has 0 aliphatic rings. The molecule has 8 nitrogen and oxygen atoms in total. The fraction of sp³-hybridized carbons (Fsp3) is 0.348. The zero-order chi connectivity index (χ0) is 23.5. The standard InChI is InChI=1S/C23H28N2O6S/c1-5-31-20(26)11-12-25(15-16-9-7-6-8-10-16)23(32)24-22(27)17-13-18(28-2)21(30-4)19(14-17)29-3/h6-10,13-14H,5,11-12,15H2,1-4H3,(H,24,27,32). The normalized spacial score (nSPS) is 10.1. The fourth-order valence-electron chi connectivity index (χ4n) is 2.98. The van der Waals surface area contributed by atoms with E-state index in [2.05, 4.69) is 5.32 Å². The average Bonchev–Trinajstić information content (AvgIpc) is 2.81. The van der Waals surface area contributed by atoms with Crippen LogP contribution in [-0.4, -0.2) is 56.4 Å². The Morgan fingerprint density at radius 2 is 1.62 bits per heavy atom. The van der Waals surface area contributed by atoms with E-state index >= 15 is 0 Å². The molecule has 32 heavy (non-hydrogen) atoms. The van der Waals surface area contributed by atoms with E-state index < -0.39 is 5.91 Å². The number of esters is 1. The van der Waals surface area contributed by atoms with Crippen LogP contribution in [0.3, 0.4) is 0 Å². The predicted molar refractivity (Wildman–Crippen MR) is 124 cm³/mol. The zero-order valence-electron chi connectivity index (χ0n) is 18.7. The van der Waals surface area contributed by atoms with Gasteiger partial charge < -0.3 is 23.8 Å². The van der Waals surface area contributed by atoms with E-state index in [9.17, 15) is 9.59 Å². The van der Waals surface area contributed by atoms with E-state index in [1.165, 1.54) is 21.3 Å². The molecule has 9 heteroatoms. The molecular weight excluding hydrogens is 432 g/mol. The average molecular weight is 461 g/mol. The molecular formula is C23H28N2O6S. The van der Waals surface area contributed by atoms with Crippen LogP contribution in [0.2, 0.25) is 0 Å². The second-order valence-corrected chi connectivity index (χ2v) is 7.02. The largest absolute Gasteiger partial charge is 0.493 e. The lowest BCUT2D eigenvalue weighted by atomic mass is 10.1. The van der Waals surface area contributed by atoms with Crippen molar-refractivity contribution in [2.24, 2.45) is 0 Å². The minimum absolute atomic E-state index is 0.140. The van der Waals surface area contributed by atoms with E-state index in [1.54, 1.807) is 24.0 Å². The van der Waals surface area contributed by atoms with Crippen molar-refractivity contribution in [2.45, 2.75) is 19.9 Å². The maximum Gasteiger partial charge on any atom is 0.307 e. The second-order valence-electron chi connectivity index (χ2n) is 6.64. The van der Waals surface area contributed by atoms with Gasteiger partial charge in [0.15, 0.2) is 16.6 Å². The van der Waals surface area contributed by atoms with Gasteiger partial charge in [-0.25, -0.2) is 0 Å². The Hall–Kier alpha value is -3.33. The maximum atomic E-state index is 12.9. The van der Waals surface area contributed by atoms with Crippen molar-refractivity contribution >= 4 is 29.2 Å². The lowest BCUT2D eigenvalue weighted by Gasteiger charge is -2.25. The van der Waals surface area contributed by atoms with E-state index in [-0.39, 0.29) is 23.1 Å². The zero-order valence-corrected chi connectivity index (χ0v) is 19.5. The van der Waals surface area contributed by atoms with Gasteiger partial charge >= 0.3 is 5.97 Å². The smallest absolute Gasteiger partial charge is 0.307 e. The molecule has 0 fully saturated rings. The van der Waals surface area contributed by atoms with Crippen LogP contribution >= 0.6 is 12.2 Å². The highest BCUT2D eigenvalue weighted by Crippen LogP contribution is 2.38. The van der Waals surface area contributed by atoms with Gasteiger partial charge in [-0.2, -0.15) is 0 Å². The number of ether oxygens (including phenoxy) is 4. The van der Waals surface area contributed by atoms with Gasteiger partial charge in [0.2, 0.25) is 5.75 Å². The van der Waals surface area contributed by atoms with Gasteiger partial charge in [0.25, 0.3) is 5.91 Å². The molecule has 0 spiro atoms. The first kappa shape index (κ1) is 24.9. The topological polar surface area (TPSA) is 86.3 Å². The number of methoxy groups -OCH3 is 3. The summed E-state index contributed by atoms with van der Waals surface area (Å²) in [7, 11) is 4.43. The number of nitrogens with one attached hydrogen (secondary N) is 1. The van der Waals surface area contributed by atoms with Gasteiger partial charge in [0, 0.05) is 18.7 Å². The van der Waals surface area contributed by atoms with Crippen LogP contribution in [0.1, 0.15) is 29.3 Å². The van der Waals surface area contributed by atoms with Gasteiger partial charge in [0.05, 0.1) is 34.4 Å². The molecule has 2 aromatic carbocycles. The van der Waals surface area contributed by atoms with Crippen molar-refractivity contribution in [1.29, 1.82) is 0 Å². The molecule has 0 aromatic heterocycles. The SMILES string of the molecule is CCOC(=O)CCN(Cc1ccccc1)C(=S)NC(=O)c1cc(OC)c(OC)c(OC)c1. The molecule has 0 saturated carbocycles. The van der Waals surface area contributed by atoms with Crippen LogP contribution in [0, 0.1) is 0 Å². The highest BCUT2D eigenvalue weighted by molar-refractivity contribution is 7.80. The third kappa shape index (κ3) is 6.84. The van der Waals surface area contributed by atoms with Gasteiger partial charge in [-0.3, -0.25) is 14.9 Å². The van der Waals surface area contributed by atoms with Crippen LogP contribution in [-0.2, 0) is 16.1 Å². The summed E-state index contributed by atoms with van der Waals surface area (Å²) in [6.45, 7) is 2.78. The Labute approximate surface area is 193 Å². The van der Waals surface area contributed by atoms with Crippen LogP contribution in [0.25, 0.3) is 0 Å². The summed E-state index contributed by atoms with van der Waals surface area (Å²) < 4.78 is 20.9. The Morgan fingerprint density at radius 1 is 1.00 bits per heavy atom. The lowest BCUT2D eigenvalue weighted by molar-refractivity contribution is -0.143. The highest BCUT2D eigenvalue weighted by atomic mass is 32.1. The van der Waals surface area contributed by atoms with Crippen LogP contribution in [0.4, 0.5) is 0 Å². The summed E-state index contributed by atoms with van der Waals surface area (Å²) >= 11 is 5.49. The number of hydrogen-bond donors (Lipinski definition) is 1. The lowest BCUT2D eigenvalue weighted by Crippen LogP contribution is -2.43. The minimum atomic E-state index is -0.441. The van der Waals surface area contributed by atoms with Crippen molar-refractivity contribution in [3.05, 3.63) is 53.6 Å². The summed E-state index contributed by atoms with van der Waals surface area (Å²) in [5, 5.41) is 2.92. The van der Waals surface area contributed by atoms with Crippen LogP contribution in [0.5, 0.6) is 17.2 Å². The van der Waals surface area contributed by atoms with Gasteiger partial charge in [0.1, 0.15) is 0 Å². The third-order valence-electron chi connectivity index (χ3n) is 4.54. The Kier molecular flexibility index (Phi) is 9.75. The summed E-state index contributed by atoms with van der Waals surface area (Å²) in [4.78, 5) is 26.5. The Balaban J connectivity index is 2.20. The molecule has 0 aliphatic carbocycles. The van der Waals surface area contributed by atoms with Crippen molar-refractivity contribution in [1.82, 2.24) is 10.2 Å². The first-order valence-electron chi connectivity index (χ1n) is 10.0. The number of hydrogen-bond acceptors (Lipinski definition) is 7. The number of amides is 1. The molecule has 0 unspecified atom stereocenters. The van der Waals surface area contributed by atoms with Crippen molar-refractivity contribution in [3.63, 3.8) is 0 Å². The van der Waals surface area contributed by atoms with E-state index in [0.717, 1.165) is 5.56 Å².